The first-order valence-electron chi connectivity index (χ1n) is 7.52. The van der Waals surface area contributed by atoms with Crippen LogP contribution in [0.3, 0.4) is 0 Å². The molecule has 0 saturated heterocycles. The number of hydrogen-bond donors (Lipinski definition) is 1. The zero-order valence-electron chi connectivity index (χ0n) is 13.6. The fraction of sp³-hybridized carbons (Fsp3) is 0.250. The van der Waals surface area contributed by atoms with Crippen LogP contribution in [-0.2, 0) is 11.3 Å². The number of nitrogens with zero attached hydrogens (tertiary/aromatic N) is 5. The van der Waals surface area contributed by atoms with Crippen molar-refractivity contribution >= 4 is 23.1 Å². The molecule has 0 aliphatic rings. The number of rotatable bonds is 5. The van der Waals surface area contributed by atoms with Crippen molar-refractivity contribution in [1.82, 2.24) is 24.7 Å². The van der Waals surface area contributed by atoms with E-state index in [1.807, 2.05) is 24.3 Å². The molecule has 25 heavy (non-hydrogen) atoms. The third-order valence-electron chi connectivity index (χ3n) is 3.64. The Morgan fingerprint density at radius 1 is 1.28 bits per heavy atom. The third kappa shape index (κ3) is 3.70. The lowest BCUT2D eigenvalue weighted by Crippen LogP contribution is -2.22. The standard InChI is InChI=1S/C16H16F2N6O/c1-10(25)23(2)9-11-4-3-5-12(8-11)19-13-6-7-14-20-21-16(15(17)18)24(14)22-13/h3-8,15H,9H2,1-2H3,(H,19,22). The van der Waals surface area contributed by atoms with Crippen LogP contribution in [0.5, 0.6) is 0 Å². The van der Waals surface area contributed by atoms with Crippen molar-refractivity contribution in [3.05, 3.63) is 47.8 Å². The molecular formula is C16H16F2N6O. The summed E-state index contributed by atoms with van der Waals surface area (Å²) in [4.78, 5) is 12.9. The van der Waals surface area contributed by atoms with Gasteiger partial charge in [0.15, 0.2) is 11.5 Å². The molecule has 9 heteroatoms. The van der Waals surface area contributed by atoms with E-state index in [1.54, 1.807) is 24.1 Å². The topological polar surface area (TPSA) is 75.4 Å². The number of anilines is 2. The summed E-state index contributed by atoms with van der Waals surface area (Å²) in [5.74, 6) is -0.153. The fourth-order valence-corrected chi connectivity index (χ4v) is 2.29. The number of carbonyl (C=O) groups excluding carboxylic acids is 1. The second-order valence-corrected chi connectivity index (χ2v) is 5.55. The zero-order chi connectivity index (χ0) is 18.0. The van der Waals surface area contributed by atoms with E-state index in [1.165, 1.54) is 6.92 Å². The molecule has 0 spiro atoms. The number of carbonyl (C=O) groups is 1. The predicted molar refractivity (Wildman–Crippen MR) is 87.6 cm³/mol. The van der Waals surface area contributed by atoms with Crippen molar-refractivity contribution in [1.29, 1.82) is 0 Å². The van der Waals surface area contributed by atoms with Crippen LogP contribution in [0.4, 0.5) is 20.3 Å². The molecule has 0 bridgehead atoms. The van der Waals surface area contributed by atoms with Gasteiger partial charge in [0.2, 0.25) is 11.7 Å². The molecular weight excluding hydrogens is 330 g/mol. The number of amides is 1. The molecule has 0 aliphatic heterocycles. The molecule has 7 nitrogen and oxygen atoms in total. The molecule has 0 atom stereocenters. The summed E-state index contributed by atoms with van der Waals surface area (Å²) in [5, 5.41) is 14.3. The molecule has 1 amide bonds. The monoisotopic (exact) mass is 346 g/mol. The number of halogens is 2. The molecule has 0 unspecified atom stereocenters. The van der Waals surface area contributed by atoms with E-state index in [4.69, 9.17) is 0 Å². The van der Waals surface area contributed by atoms with E-state index in [0.717, 1.165) is 15.8 Å². The van der Waals surface area contributed by atoms with Gasteiger partial charge in [0.05, 0.1) is 0 Å². The molecule has 0 aliphatic carbocycles. The summed E-state index contributed by atoms with van der Waals surface area (Å²) in [6, 6.07) is 10.6. The molecule has 3 aromatic rings. The number of benzene rings is 1. The maximum atomic E-state index is 12.9. The lowest BCUT2D eigenvalue weighted by atomic mass is 10.2. The van der Waals surface area contributed by atoms with E-state index >= 15 is 0 Å². The average molecular weight is 346 g/mol. The molecule has 0 saturated carbocycles. The number of nitrogens with one attached hydrogen (secondary N) is 1. The summed E-state index contributed by atoms with van der Waals surface area (Å²) in [5.41, 5.74) is 1.91. The third-order valence-corrected chi connectivity index (χ3v) is 3.64. The van der Waals surface area contributed by atoms with Crippen molar-refractivity contribution in [2.75, 3.05) is 12.4 Å². The van der Waals surface area contributed by atoms with Gasteiger partial charge >= 0.3 is 0 Å². The molecule has 0 radical (unpaired) electrons. The minimum Gasteiger partial charge on any atom is -0.342 e. The van der Waals surface area contributed by atoms with Crippen molar-refractivity contribution in [2.45, 2.75) is 19.9 Å². The van der Waals surface area contributed by atoms with Crippen LogP contribution in [0.1, 0.15) is 24.7 Å². The average Bonchev–Trinajstić information content (AvgIpc) is 2.98. The molecule has 130 valence electrons. The summed E-state index contributed by atoms with van der Waals surface area (Å²) >= 11 is 0. The maximum Gasteiger partial charge on any atom is 0.299 e. The smallest absolute Gasteiger partial charge is 0.299 e. The first-order valence-corrected chi connectivity index (χ1v) is 7.52. The lowest BCUT2D eigenvalue weighted by molar-refractivity contribution is -0.128. The molecule has 1 aromatic carbocycles. The molecule has 0 fully saturated rings. The Labute approximate surface area is 142 Å². The van der Waals surface area contributed by atoms with E-state index in [2.05, 4.69) is 20.6 Å². The Morgan fingerprint density at radius 3 is 2.80 bits per heavy atom. The first kappa shape index (κ1) is 16.7. The number of alkyl halides is 2. The Bertz CT molecular complexity index is 911. The summed E-state index contributed by atoms with van der Waals surface area (Å²) in [7, 11) is 1.72. The molecule has 2 heterocycles. The zero-order valence-corrected chi connectivity index (χ0v) is 13.6. The molecule has 1 N–H and O–H groups in total. The van der Waals surface area contributed by atoms with Gasteiger partial charge in [-0.15, -0.1) is 15.3 Å². The second-order valence-electron chi connectivity index (χ2n) is 5.55. The molecule has 2 aromatic heterocycles. The summed E-state index contributed by atoms with van der Waals surface area (Å²) in [6.07, 6.45) is -2.76. The number of fused-ring (bicyclic) bond motifs is 1. The van der Waals surface area contributed by atoms with Crippen LogP contribution in [0, 0.1) is 0 Å². The predicted octanol–water partition coefficient (Wildman–Crippen LogP) is 2.78. The SMILES string of the molecule is CC(=O)N(C)Cc1cccc(Nc2ccc3nnc(C(F)F)n3n2)c1. The minimum absolute atomic E-state index is 0.0300. The number of hydrogen-bond acceptors (Lipinski definition) is 5. The summed E-state index contributed by atoms with van der Waals surface area (Å²) in [6.45, 7) is 1.97. The van der Waals surface area contributed by atoms with Gasteiger partial charge in [-0.3, -0.25) is 4.79 Å². The summed E-state index contributed by atoms with van der Waals surface area (Å²) < 4.78 is 26.8. The van der Waals surface area contributed by atoms with Gasteiger partial charge in [-0.1, -0.05) is 12.1 Å². The Balaban J connectivity index is 1.83. The quantitative estimate of drug-likeness (QED) is 0.769. The largest absolute Gasteiger partial charge is 0.342 e. The van der Waals surface area contributed by atoms with Gasteiger partial charge < -0.3 is 10.2 Å². The van der Waals surface area contributed by atoms with Crippen LogP contribution in [0.2, 0.25) is 0 Å². The van der Waals surface area contributed by atoms with Crippen LogP contribution in [0.15, 0.2) is 36.4 Å². The lowest BCUT2D eigenvalue weighted by Gasteiger charge is -2.15. The van der Waals surface area contributed by atoms with Crippen molar-refractivity contribution < 1.29 is 13.6 Å². The highest BCUT2D eigenvalue weighted by atomic mass is 19.3. The molecule has 3 rings (SSSR count). The van der Waals surface area contributed by atoms with Gasteiger partial charge in [-0.05, 0) is 29.8 Å². The van der Waals surface area contributed by atoms with Gasteiger partial charge in [0.25, 0.3) is 6.43 Å². The highest BCUT2D eigenvalue weighted by molar-refractivity contribution is 5.72. The van der Waals surface area contributed by atoms with Gasteiger partial charge in [-0.2, -0.15) is 4.52 Å². The maximum absolute atomic E-state index is 12.9. The highest BCUT2D eigenvalue weighted by Gasteiger charge is 2.17. The van der Waals surface area contributed by atoms with Crippen molar-refractivity contribution in [2.24, 2.45) is 0 Å². The van der Waals surface area contributed by atoms with E-state index in [-0.39, 0.29) is 11.6 Å². The van der Waals surface area contributed by atoms with E-state index < -0.39 is 12.2 Å². The van der Waals surface area contributed by atoms with Crippen LogP contribution in [-0.4, -0.2) is 37.7 Å². The number of aromatic nitrogens is 4. The fourth-order valence-electron chi connectivity index (χ4n) is 2.29. The Kier molecular flexibility index (Phi) is 4.55. The Morgan fingerprint density at radius 2 is 2.08 bits per heavy atom. The highest BCUT2D eigenvalue weighted by Crippen LogP contribution is 2.20. The minimum atomic E-state index is -2.76. The van der Waals surface area contributed by atoms with E-state index in [9.17, 15) is 13.6 Å². The second kappa shape index (κ2) is 6.80. The van der Waals surface area contributed by atoms with Crippen LogP contribution in [0.25, 0.3) is 5.65 Å². The van der Waals surface area contributed by atoms with E-state index in [0.29, 0.717) is 12.4 Å². The van der Waals surface area contributed by atoms with Gasteiger partial charge in [0.1, 0.15) is 0 Å². The normalized spacial score (nSPS) is 11.1. The van der Waals surface area contributed by atoms with Crippen molar-refractivity contribution in [3.8, 4) is 0 Å². The van der Waals surface area contributed by atoms with Crippen LogP contribution >= 0.6 is 0 Å². The first-order chi connectivity index (χ1) is 11.9. The van der Waals surface area contributed by atoms with Crippen molar-refractivity contribution in [3.63, 3.8) is 0 Å². The van der Waals surface area contributed by atoms with Gasteiger partial charge in [0, 0.05) is 26.2 Å². The Hall–Kier alpha value is -3.10. The van der Waals surface area contributed by atoms with Gasteiger partial charge in [-0.25, -0.2) is 8.78 Å². The van der Waals surface area contributed by atoms with Crippen LogP contribution < -0.4 is 5.32 Å².